The van der Waals surface area contributed by atoms with Gasteiger partial charge >= 0.3 is 0 Å². The highest BCUT2D eigenvalue weighted by atomic mass is 16.1. The average molecular weight is 226 g/mol. The van der Waals surface area contributed by atoms with E-state index in [0.29, 0.717) is 5.92 Å². The minimum atomic E-state index is 0.232. The summed E-state index contributed by atoms with van der Waals surface area (Å²) < 4.78 is 0. The van der Waals surface area contributed by atoms with Gasteiger partial charge in [0.2, 0.25) is 0 Å². The number of aldehydes is 1. The van der Waals surface area contributed by atoms with E-state index >= 15 is 0 Å². The van der Waals surface area contributed by atoms with Gasteiger partial charge in [-0.25, -0.2) is 0 Å². The van der Waals surface area contributed by atoms with E-state index in [4.69, 9.17) is 0 Å². The van der Waals surface area contributed by atoms with Crippen LogP contribution >= 0.6 is 0 Å². The Morgan fingerprint density at radius 2 is 1.38 bits per heavy atom. The van der Waals surface area contributed by atoms with Crippen LogP contribution < -0.4 is 0 Å². The van der Waals surface area contributed by atoms with E-state index in [2.05, 4.69) is 27.7 Å². The highest BCUT2D eigenvalue weighted by Gasteiger charge is 2.14. The number of hydrogen-bond donors (Lipinski definition) is 0. The number of carbonyl (C=O) groups excluding carboxylic acids is 1. The topological polar surface area (TPSA) is 17.1 Å². The smallest absolute Gasteiger partial charge is 0.122 e. The summed E-state index contributed by atoms with van der Waals surface area (Å²) in [5.74, 6) is 2.57. The summed E-state index contributed by atoms with van der Waals surface area (Å²) in [5, 5.41) is 0. The van der Waals surface area contributed by atoms with Crippen molar-refractivity contribution in [2.24, 2.45) is 23.7 Å². The SMILES string of the molecule is CCC[C@H](C)C[C@@H](C)C[C@H](C)C[C@@H](C)C=O. The minimum absolute atomic E-state index is 0.232. The lowest BCUT2D eigenvalue weighted by Gasteiger charge is -2.21. The lowest BCUT2D eigenvalue weighted by molar-refractivity contribution is -0.111. The molecule has 0 spiro atoms. The number of hydrogen-bond acceptors (Lipinski definition) is 1. The third kappa shape index (κ3) is 7.90. The summed E-state index contributed by atoms with van der Waals surface area (Å²) in [7, 11) is 0. The van der Waals surface area contributed by atoms with E-state index in [-0.39, 0.29) is 5.92 Å². The maximum absolute atomic E-state index is 10.6. The predicted molar refractivity (Wildman–Crippen MR) is 71.5 cm³/mol. The molecule has 4 atom stereocenters. The molecule has 1 heteroatoms. The van der Waals surface area contributed by atoms with Crippen molar-refractivity contribution in [3.05, 3.63) is 0 Å². The second-order valence-electron chi connectivity index (χ2n) is 5.92. The molecule has 0 rings (SSSR count). The normalized spacial score (nSPS) is 18.8. The third-order valence-electron chi connectivity index (χ3n) is 3.40. The molecule has 96 valence electrons. The van der Waals surface area contributed by atoms with Gasteiger partial charge in [0, 0.05) is 5.92 Å². The molecule has 0 unspecified atom stereocenters. The van der Waals surface area contributed by atoms with Crippen molar-refractivity contribution in [1.29, 1.82) is 0 Å². The van der Waals surface area contributed by atoms with Gasteiger partial charge in [-0.15, -0.1) is 0 Å². The van der Waals surface area contributed by atoms with Crippen LogP contribution in [-0.2, 0) is 4.79 Å². The van der Waals surface area contributed by atoms with Crippen LogP contribution in [0.3, 0.4) is 0 Å². The Labute approximate surface area is 102 Å². The van der Waals surface area contributed by atoms with Crippen molar-refractivity contribution in [2.75, 3.05) is 0 Å². The molecule has 0 amide bonds. The molecule has 16 heavy (non-hydrogen) atoms. The summed E-state index contributed by atoms with van der Waals surface area (Å²) in [4.78, 5) is 10.6. The summed E-state index contributed by atoms with van der Waals surface area (Å²) in [5.41, 5.74) is 0. The van der Waals surface area contributed by atoms with Crippen LogP contribution in [0.25, 0.3) is 0 Å². The Morgan fingerprint density at radius 3 is 1.88 bits per heavy atom. The fourth-order valence-electron chi connectivity index (χ4n) is 2.87. The highest BCUT2D eigenvalue weighted by molar-refractivity contribution is 5.52. The lowest BCUT2D eigenvalue weighted by Crippen LogP contribution is -2.10. The summed E-state index contributed by atoms with van der Waals surface area (Å²) >= 11 is 0. The molecule has 1 nitrogen and oxygen atoms in total. The zero-order valence-electron chi connectivity index (χ0n) is 11.8. The van der Waals surface area contributed by atoms with Crippen molar-refractivity contribution in [1.82, 2.24) is 0 Å². The van der Waals surface area contributed by atoms with Gasteiger partial charge in [-0.1, -0.05) is 47.5 Å². The largest absolute Gasteiger partial charge is 0.303 e. The molecule has 0 bridgehead atoms. The van der Waals surface area contributed by atoms with Gasteiger partial charge in [0.15, 0.2) is 0 Å². The first-order chi connectivity index (χ1) is 7.49. The van der Waals surface area contributed by atoms with Gasteiger partial charge in [-0.2, -0.15) is 0 Å². The van der Waals surface area contributed by atoms with Gasteiger partial charge < -0.3 is 4.79 Å². The average Bonchev–Trinajstić information content (AvgIpc) is 2.16. The molecule has 0 saturated carbocycles. The molecular weight excluding hydrogens is 196 g/mol. The number of rotatable bonds is 9. The lowest BCUT2D eigenvalue weighted by atomic mass is 9.85. The molecule has 0 fully saturated rings. The van der Waals surface area contributed by atoms with Crippen LogP contribution in [0.15, 0.2) is 0 Å². The molecular formula is C15H30O. The zero-order chi connectivity index (χ0) is 12.6. The van der Waals surface area contributed by atoms with Gasteiger partial charge in [-0.3, -0.25) is 0 Å². The first-order valence-electron chi connectivity index (χ1n) is 6.94. The minimum Gasteiger partial charge on any atom is -0.303 e. The molecule has 0 radical (unpaired) electrons. The maximum Gasteiger partial charge on any atom is 0.122 e. The van der Waals surface area contributed by atoms with Crippen molar-refractivity contribution < 1.29 is 4.79 Å². The van der Waals surface area contributed by atoms with E-state index < -0.39 is 0 Å². The molecule has 0 heterocycles. The second kappa shape index (κ2) is 8.78. The first kappa shape index (κ1) is 15.7. The number of carbonyl (C=O) groups is 1. The van der Waals surface area contributed by atoms with Crippen LogP contribution in [0.1, 0.15) is 66.7 Å². The van der Waals surface area contributed by atoms with Crippen LogP contribution in [-0.4, -0.2) is 6.29 Å². The van der Waals surface area contributed by atoms with Gasteiger partial charge in [0.25, 0.3) is 0 Å². The molecule has 0 aliphatic carbocycles. The molecule has 0 aromatic heterocycles. The Kier molecular flexibility index (Phi) is 8.60. The maximum atomic E-state index is 10.6. The van der Waals surface area contributed by atoms with Crippen LogP contribution in [0, 0.1) is 23.7 Å². The molecule has 0 saturated heterocycles. The van der Waals surface area contributed by atoms with Crippen molar-refractivity contribution >= 4 is 6.29 Å². The monoisotopic (exact) mass is 226 g/mol. The Bertz CT molecular complexity index is 176. The Balaban J connectivity index is 3.76. The summed E-state index contributed by atoms with van der Waals surface area (Å²) in [6.07, 6.45) is 7.39. The van der Waals surface area contributed by atoms with Gasteiger partial charge in [-0.05, 0) is 37.0 Å². The van der Waals surface area contributed by atoms with Crippen LogP contribution in [0.4, 0.5) is 0 Å². The van der Waals surface area contributed by atoms with E-state index in [1.165, 1.54) is 25.7 Å². The third-order valence-corrected chi connectivity index (χ3v) is 3.40. The fourth-order valence-corrected chi connectivity index (χ4v) is 2.87. The Morgan fingerprint density at radius 1 is 0.875 bits per heavy atom. The van der Waals surface area contributed by atoms with Gasteiger partial charge in [0.05, 0.1) is 0 Å². The molecule has 0 N–H and O–H groups in total. The van der Waals surface area contributed by atoms with E-state index in [0.717, 1.165) is 24.5 Å². The first-order valence-corrected chi connectivity index (χ1v) is 6.94. The van der Waals surface area contributed by atoms with Crippen LogP contribution in [0.2, 0.25) is 0 Å². The molecule has 0 aliphatic heterocycles. The van der Waals surface area contributed by atoms with E-state index in [9.17, 15) is 4.79 Å². The van der Waals surface area contributed by atoms with Gasteiger partial charge in [0.1, 0.15) is 6.29 Å². The van der Waals surface area contributed by atoms with Crippen LogP contribution in [0.5, 0.6) is 0 Å². The quantitative estimate of drug-likeness (QED) is 0.521. The zero-order valence-corrected chi connectivity index (χ0v) is 11.8. The van der Waals surface area contributed by atoms with Crippen molar-refractivity contribution in [3.8, 4) is 0 Å². The summed E-state index contributed by atoms with van der Waals surface area (Å²) in [6.45, 7) is 11.3. The summed E-state index contributed by atoms with van der Waals surface area (Å²) in [6, 6.07) is 0. The van der Waals surface area contributed by atoms with E-state index in [1.54, 1.807) is 0 Å². The predicted octanol–water partition coefficient (Wildman–Crippen LogP) is 4.70. The van der Waals surface area contributed by atoms with Crippen molar-refractivity contribution in [3.63, 3.8) is 0 Å². The molecule has 0 aromatic carbocycles. The second-order valence-corrected chi connectivity index (χ2v) is 5.92. The Hall–Kier alpha value is -0.330. The van der Waals surface area contributed by atoms with E-state index in [1.807, 2.05) is 6.92 Å². The van der Waals surface area contributed by atoms with Crippen molar-refractivity contribution in [2.45, 2.75) is 66.7 Å². The molecule has 0 aliphatic rings. The fraction of sp³-hybridized carbons (Fsp3) is 0.933. The standard InChI is InChI=1S/C15H30O/c1-6-7-12(2)8-13(3)9-14(4)10-15(5)11-16/h11-15H,6-10H2,1-5H3/t12-,13+,14-,15+/m0/s1. The highest BCUT2D eigenvalue weighted by Crippen LogP contribution is 2.25. The molecule has 0 aromatic rings.